The number of benzene rings is 1. The number of hydrogen-bond donors (Lipinski definition) is 2. The molecule has 5 nitrogen and oxygen atoms in total. The van der Waals surface area contributed by atoms with Gasteiger partial charge in [-0.1, -0.05) is 16.8 Å². The van der Waals surface area contributed by atoms with Gasteiger partial charge < -0.3 is 14.7 Å². The van der Waals surface area contributed by atoms with E-state index in [1.54, 1.807) is 0 Å². The third-order valence-corrected chi connectivity index (χ3v) is 2.67. The zero-order chi connectivity index (χ0) is 15.1. The summed E-state index contributed by atoms with van der Waals surface area (Å²) < 4.78 is 42.0. The molecule has 2 aromatic rings. The molecule has 0 atom stereocenters. The van der Waals surface area contributed by atoms with Crippen molar-refractivity contribution in [2.75, 3.05) is 0 Å². The van der Waals surface area contributed by atoms with Gasteiger partial charge in [-0.05, 0) is 12.1 Å². The molecule has 0 aliphatic heterocycles. The van der Waals surface area contributed by atoms with Gasteiger partial charge in [-0.15, -0.1) is 0 Å². The lowest BCUT2D eigenvalue weighted by Crippen LogP contribution is -2.04. The van der Waals surface area contributed by atoms with E-state index in [-0.39, 0.29) is 11.3 Å². The minimum absolute atomic E-state index is 0.182. The summed E-state index contributed by atoms with van der Waals surface area (Å²) >= 11 is 5.67. The fourth-order valence-corrected chi connectivity index (χ4v) is 1.81. The molecule has 9 heteroatoms. The predicted octanol–water partition coefficient (Wildman–Crippen LogP) is 3.42. The Morgan fingerprint density at radius 3 is 2.40 bits per heavy atom. The molecule has 20 heavy (non-hydrogen) atoms. The van der Waals surface area contributed by atoms with E-state index < -0.39 is 34.2 Å². The number of hydrogen-bond acceptors (Lipinski definition) is 4. The van der Waals surface area contributed by atoms with Gasteiger partial charge in [-0.25, -0.2) is 4.79 Å². The van der Waals surface area contributed by atoms with Crippen LogP contribution in [0.4, 0.5) is 13.2 Å². The molecule has 0 saturated heterocycles. The Hall–Kier alpha value is -2.22. The molecule has 0 saturated carbocycles. The molecular weight excluding hydrogens is 303 g/mol. The Labute approximate surface area is 114 Å². The molecule has 2 N–H and O–H groups in total. The molecule has 1 heterocycles. The minimum Gasteiger partial charge on any atom is -0.507 e. The van der Waals surface area contributed by atoms with Crippen molar-refractivity contribution in [2.45, 2.75) is 6.18 Å². The van der Waals surface area contributed by atoms with Crippen LogP contribution in [0.2, 0.25) is 5.02 Å². The van der Waals surface area contributed by atoms with Crippen LogP contribution in [0.1, 0.15) is 16.1 Å². The summed E-state index contributed by atoms with van der Waals surface area (Å²) in [6.07, 6.45) is -4.67. The molecule has 0 aliphatic carbocycles. The molecule has 1 aromatic heterocycles. The van der Waals surface area contributed by atoms with Crippen LogP contribution in [-0.2, 0) is 6.18 Å². The lowest BCUT2D eigenvalue weighted by molar-refractivity contribution is -0.137. The zero-order valence-electron chi connectivity index (χ0n) is 9.40. The van der Waals surface area contributed by atoms with Crippen molar-refractivity contribution < 1.29 is 32.7 Å². The smallest absolute Gasteiger partial charge is 0.416 e. The van der Waals surface area contributed by atoms with Gasteiger partial charge in [0.1, 0.15) is 11.4 Å². The number of aromatic nitrogens is 1. The molecule has 0 spiro atoms. The van der Waals surface area contributed by atoms with Crippen LogP contribution in [0, 0.1) is 0 Å². The SMILES string of the molecule is O=C(O)c1cc(-c2c(O)cc(C(F)(F)F)cc2Cl)no1. The molecule has 0 unspecified atom stereocenters. The summed E-state index contributed by atoms with van der Waals surface area (Å²) in [6, 6.07) is 2.01. The van der Waals surface area contributed by atoms with E-state index in [1.807, 2.05) is 0 Å². The van der Waals surface area contributed by atoms with Crippen molar-refractivity contribution >= 4 is 17.6 Å². The summed E-state index contributed by atoms with van der Waals surface area (Å²) in [7, 11) is 0. The highest BCUT2D eigenvalue weighted by atomic mass is 35.5. The number of carboxylic acid groups (broad SMARTS) is 1. The quantitative estimate of drug-likeness (QED) is 0.888. The van der Waals surface area contributed by atoms with E-state index in [4.69, 9.17) is 16.7 Å². The standard InChI is InChI=1S/C11H5ClF3NO4/c12-5-1-4(11(13,14)15)2-7(17)9(5)6-3-8(10(18)19)20-16-6/h1-3,17H,(H,18,19). The van der Waals surface area contributed by atoms with Gasteiger partial charge in [0.05, 0.1) is 16.1 Å². The van der Waals surface area contributed by atoms with Gasteiger partial charge in [0.25, 0.3) is 0 Å². The van der Waals surface area contributed by atoms with Crippen LogP contribution in [0.25, 0.3) is 11.3 Å². The Balaban J connectivity index is 2.55. The first-order valence-electron chi connectivity index (χ1n) is 5.00. The van der Waals surface area contributed by atoms with Gasteiger partial charge in [0, 0.05) is 6.07 Å². The van der Waals surface area contributed by atoms with Crippen LogP contribution in [0.5, 0.6) is 5.75 Å². The predicted molar refractivity (Wildman–Crippen MR) is 60.6 cm³/mol. The molecule has 0 radical (unpaired) electrons. The number of aromatic hydroxyl groups is 1. The molecule has 0 bridgehead atoms. The lowest BCUT2D eigenvalue weighted by Gasteiger charge is -2.10. The molecular formula is C11H5ClF3NO4. The lowest BCUT2D eigenvalue weighted by atomic mass is 10.1. The van der Waals surface area contributed by atoms with Gasteiger partial charge in [0.2, 0.25) is 5.76 Å². The van der Waals surface area contributed by atoms with Crippen LogP contribution in [-0.4, -0.2) is 21.3 Å². The number of nitrogens with zero attached hydrogens (tertiary/aromatic N) is 1. The van der Waals surface area contributed by atoms with E-state index in [0.29, 0.717) is 12.1 Å². The van der Waals surface area contributed by atoms with E-state index in [2.05, 4.69) is 9.68 Å². The number of aromatic carboxylic acids is 1. The maximum Gasteiger partial charge on any atom is 0.416 e. The molecule has 2 rings (SSSR count). The van der Waals surface area contributed by atoms with E-state index >= 15 is 0 Å². The van der Waals surface area contributed by atoms with Crippen LogP contribution in [0.15, 0.2) is 22.7 Å². The van der Waals surface area contributed by atoms with Crippen LogP contribution < -0.4 is 0 Å². The second-order valence-electron chi connectivity index (χ2n) is 3.73. The first kappa shape index (κ1) is 14.2. The monoisotopic (exact) mass is 307 g/mol. The van der Waals surface area contributed by atoms with E-state index in [9.17, 15) is 23.1 Å². The maximum absolute atomic E-state index is 12.5. The first-order chi connectivity index (χ1) is 9.20. The maximum atomic E-state index is 12.5. The van der Waals surface area contributed by atoms with Gasteiger partial charge in [-0.2, -0.15) is 13.2 Å². The second kappa shape index (κ2) is 4.71. The zero-order valence-corrected chi connectivity index (χ0v) is 10.2. The van der Waals surface area contributed by atoms with Gasteiger partial charge >= 0.3 is 12.1 Å². The highest BCUT2D eigenvalue weighted by molar-refractivity contribution is 6.33. The van der Waals surface area contributed by atoms with Gasteiger partial charge in [0.15, 0.2) is 0 Å². The van der Waals surface area contributed by atoms with Crippen molar-refractivity contribution in [1.82, 2.24) is 5.16 Å². The number of carbonyl (C=O) groups is 1. The van der Waals surface area contributed by atoms with Crippen molar-refractivity contribution in [1.29, 1.82) is 0 Å². The van der Waals surface area contributed by atoms with Crippen molar-refractivity contribution in [3.8, 4) is 17.0 Å². The Morgan fingerprint density at radius 1 is 1.30 bits per heavy atom. The second-order valence-corrected chi connectivity index (χ2v) is 4.14. The van der Waals surface area contributed by atoms with Crippen molar-refractivity contribution in [2.24, 2.45) is 0 Å². The van der Waals surface area contributed by atoms with E-state index in [0.717, 1.165) is 6.07 Å². The Kier molecular flexibility index (Phi) is 3.34. The number of phenolic OH excluding ortho intramolecular Hbond substituents is 1. The summed E-state index contributed by atoms with van der Waals surface area (Å²) in [4.78, 5) is 10.6. The summed E-state index contributed by atoms with van der Waals surface area (Å²) in [5.41, 5.74) is -1.56. The third kappa shape index (κ3) is 2.55. The van der Waals surface area contributed by atoms with E-state index in [1.165, 1.54) is 0 Å². The molecule has 0 fully saturated rings. The largest absolute Gasteiger partial charge is 0.507 e. The van der Waals surface area contributed by atoms with Gasteiger partial charge in [-0.3, -0.25) is 0 Å². The Morgan fingerprint density at radius 2 is 1.95 bits per heavy atom. The highest BCUT2D eigenvalue weighted by Gasteiger charge is 2.32. The molecule has 0 aliphatic rings. The fraction of sp³-hybridized carbons (Fsp3) is 0.0909. The van der Waals surface area contributed by atoms with Crippen LogP contribution in [0.3, 0.4) is 0 Å². The summed E-state index contributed by atoms with van der Waals surface area (Å²) in [5.74, 6) is -2.73. The highest BCUT2D eigenvalue weighted by Crippen LogP contribution is 2.41. The van der Waals surface area contributed by atoms with Crippen LogP contribution >= 0.6 is 11.6 Å². The topological polar surface area (TPSA) is 83.6 Å². The third-order valence-electron chi connectivity index (χ3n) is 2.37. The molecule has 106 valence electrons. The van der Waals surface area contributed by atoms with Crippen molar-refractivity contribution in [3.63, 3.8) is 0 Å². The number of halogens is 4. The first-order valence-corrected chi connectivity index (χ1v) is 5.38. The summed E-state index contributed by atoms with van der Waals surface area (Å²) in [5, 5.41) is 21.2. The summed E-state index contributed by atoms with van der Waals surface area (Å²) in [6.45, 7) is 0. The Bertz CT molecular complexity index is 658. The normalized spacial score (nSPS) is 11.6. The number of alkyl halides is 3. The number of phenols is 1. The average Bonchev–Trinajstić information content (AvgIpc) is 2.76. The fourth-order valence-electron chi connectivity index (χ4n) is 1.50. The molecule has 0 amide bonds. The molecule has 1 aromatic carbocycles. The van der Waals surface area contributed by atoms with Crippen molar-refractivity contribution in [3.05, 3.63) is 34.5 Å². The minimum atomic E-state index is -4.67. The number of carboxylic acids is 1. The average molecular weight is 308 g/mol. The number of rotatable bonds is 2.